The van der Waals surface area contributed by atoms with Crippen LogP contribution >= 0.6 is 11.6 Å². The maximum atomic E-state index is 12.4. The van der Waals surface area contributed by atoms with Crippen LogP contribution in [0, 0.1) is 0 Å². The average molecular weight is 411 g/mol. The number of piperidine rings is 1. The van der Waals surface area contributed by atoms with Crippen molar-refractivity contribution in [3.05, 3.63) is 41.8 Å². The molecule has 0 aliphatic carbocycles. The summed E-state index contributed by atoms with van der Waals surface area (Å²) in [6.07, 6.45) is 6.48. The fourth-order valence-corrected chi connectivity index (χ4v) is 4.30. The number of anilines is 1. The zero-order valence-electron chi connectivity index (χ0n) is 16.0. The number of likely N-dealkylation sites (tertiary alicyclic amines) is 1. The highest BCUT2D eigenvalue weighted by atomic mass is 35.5. The van der Waals surface area contributed by atoms with Crippen LogP contribution in [0.2, 0.25) is 5.15 Å². The summed E-state index contributed by atoms with van der Waals surface area (Å²) in [6, 6.07) is 8.17. The van der Waals surface area contributed by atoms with E-state index in [1.54, 1.807) is 6.20 Å². The first-order valence-corrected chi connectivity index (χ1v) is 10.4. The van der Waals surface area contributed by atoms with Gasteiger partial charge in [0, 0.05) is 42.5 Å². The van der Waals surface area contributed by atoms with Crippen molar-refractivity contribution >= 4 is 34.4 Å². The summed E-state index contributed by atoms with van der Waals surface area (Å²) in [5.74, 6) is 1.00. The number of carbonyl (C=O) groups is 1. The molecule has 1 unspecified atom stereocenters. The number of pyridine rings is 2. The Morgan fingerprint density at radius 1 is 1.24 bits per heavy atom. The van der Waals surface area contributed by atoms with E-state index in [1.165, 1.54) is 0 Å². The number of nitrogens with one attached hydrogen (secondary N) is 3. The van der Waals surface area contributed by atoms with Crippen LogP contribution < -0.4 is 10.6 Å². The van der Waals surface area contributed by atoms with Crippen molar-refractivity contribution in [3.8, 4) is 11.1 Å². The fourth-order valence-electron chi connectivity index (χ4n) is 4.09. The number of halogens is 1. The number of hydrogen-bond donors (Lipinski definition) is 3. The molecule has 1 amide bonds. The number of fused-ring (bicyclic) bond motifs is 1. The molecule has 8 heteroatoms. The molecule has 2 fully saturated rings. The molecule has 3 N–H and O–H groups in total. The van der Waals surface area contributed by atoms with Crippen molar-refractivity contribution in [1.82, 2.24) is 25.2 Å². The third-order valence-electron chi connectivity index (χ3n) is 5.84. The molecule has 1 atom stereocenters. The van der Waals surface area contributed by atoms with Gasteiger partial charge in [0.15, 0.2) is 0 Å². The zero-order valence-corrected chi connectivity index (χ0v) is 16.7. The maximum Gasteiger partial charge on any atom is 0.239 e. The summed E-state index contributed by atoms with van der Waals surface area (Å²) in [4.78, 5) is 26.4. The molecule has 3 aromatic rings. The molecule has 0 radical (unpaired) electrons. The van der Waals surface area contributed by atoms with E-state index in [9.17, 15) is 4.79 Å². The van der Waals surface area contributed by atoms with Crippen LogP contribution in [0.25, 0.3) is 22.2 Å². The van der Waals surface area contributed by atoms with Gasteiger partial charge in [-0.3, -0.25) is 4.79 Å². The lowest BCUT2D eigenvalue weighted by Gasteiger charge is -2.37. The Bertz CT molecular complexity index is 1040. The molecule has 0 bridgehead atoms. The molecule has 7 nitrogen and oxygen atoms in total. The number of amides is 1. The smallest absolute Gasteiger partial charge is 0.239 e. The molecule has 0 saturated carbocycles. The van der Waals surface area contributed by atoms with Gasteiger partial charge in [-0.15, -0.1) is 0 Å². The van der Waals surface area contributed by atoms with Crippen molar-refractivity contribution in [2.75, 3.05) is 25.0 Å². The van der Waals surface area contributed by atoms with Crippen LogP contribution in [0.3, 0.4) is 0 Å². The number of hydrogen-bond acceptors (Lipinski definition) is 5. The van der Waals surface area contributed by atoms with E-state index in [0.717, 1.165) is 66.9 Å². The third-order valence-corrected chi connectivity index (χ3v) is 6.03. The SMILES string of the molecule is O=C(C1CCN1)N1CCC(Nc2cc(-c3c[nH]c4ncccc34)cc(Cl)n2)CC1. The monoisotopic (exact) mass is 410 g/mol. The largest absolute Gasteiger partial charge is 0.367 e. The van der Waals surface area contributed by atoms with E-state index >= 15 is 0 Å². The molecule has 5 rings (SSSR count). The summed E-state index contributed by atoms with van der Waals surface area (Å²) in [7, 11) is 0. The minimum Gasteiger partial charge on any atom is -0.367 e. The summed E-state index contributed by atoms with van der Waals surface area (Å²) in [5.41, 5.74) is 2.90. The topological polar surface area (TPSA) is 85.9 Å². The van der Waals surface area contributed by atoms with Crippen molar-refractivity contribution < 1.29 is 4.79 Å². The number of H-pyrrole nitrogens is 1. The maximum absolute atomic E-state index is 12.4. The van der Waals surface area contributed by atoms with Crippen LogP contribution in [0.15, 0.2) is 36.7 Å². The Hall–Kier alpha value is -2.64. The number of aromatic nitrogens is 3. The first-order valence-electron chi connectivity index (χ1n) is 10.1. The van der Waals surface area contributed by atoms with E-state index in [2.05, 4.69) is 25.6 Å². The number of aromatic amines is 1. The minimum absolute atomic E-state index is 0.0299. The standard InChI is InChI=1S/C21H23ClN6O/c22-18-10-13(16-12-25-20-15(16)2-1-6-24-20)11-19(27-18)26-14-4-8-28(9-5-14)21(29)17-3-7-23-17/h1-2,6,10-12,14,17,23H,3-5,7-9H2,(H,24,25)(H,26,27). The van der Waals surface area contributed by atoms with Crippen molar-refractivity contribution in [3.63, 3.8) is 0 Å². The highest BCUT2D eigenvalue weighted by Gasteiger charge is 2.31. The molecule has 2 aliphatic heterocycles. The summed E-state index contributed by atoms with van der Waals surface area (Å²) in [5, 5.41) is 8.21. The second kappa shape index (κ2) is 7.65. The molecule has 0 aromatic carbocycles. The predicted octanol–water partition coefficient (Wildman–Crippen LogP) is 3.04. The lowest BCUT2D eigenvalue weighted by atomic mass is 10.0. The summed E-state index contributed by atoms with van der Waals surface area (Å²) >= 11 is 6.32. The van der Waals surface area contributed by atoms with Gasteiger partial charge in [0.2, 0.25) is 5.91 Å². The first-order chi connectivity index (χ1) is 14.2. The third kappa shape index (κ3) is 3.68. The fraction of sp³-hybridized carbons (Fsp3) is 0.381. The van der Waals surface area contributed by atoms with E-state index in [1.807, 2.05) is 35.4 Å². The lowest BCUT2D eigenvalue weighted by molar-refractivity contribution is -0.136. The van der Waals surface area contributed by atoms with Gasteiger partial charge in [-0.05, 0) is 55.6 Å². The van der Waals surface area contributed by atoms with Gasteiger partial charge < -0.3 is 20.5 Å². The van der Waals surface area contributed by atoms with Crippen LogP contribution in [-0.2, 0) is 4.79 Å². The Morgan fingerprint density at radius 3 is 2.83 bits per heavy atom. The summed E-state index contributed by atoms with van der Waals surface area (Å²) in [6.45, 7) is 2.50. The molecule has 5 heterocycles. The zero-order chi connectivity index (χ0) is 19.8. The normalized spacial score (nSPS) is 19.9. The number of carbonyl (C=O) groups excluding carboxylic acids is 1. The molecular weight excluding hydrogens is 388 g/mol. The minimum atomic E-state index is 0.0299. The van der Waals surface area contributed by atoms with Crippen LogP contribution in [0.5, 0.6) is 0 Å². The summed E-state index contributed by atoms with van der Waals surface area (Å²) < 4.78 is 0. The first kappa shape index (κ1) is 18.4. The van der Waals surface area contributed by atoms with E-state index < -0.39 is 0 Å². The van der Waals surface area contributed by atoms with Gasteiger partial charge in [-0.25, -0.2) is 9.97 Å². The molecule has 3 aromatic heterocycles. The second-order valence-corrected chi connectivity index (χ2v) is 8.09. The van der Waals surface area contributed by atoms with Gasteiger partial charge in [-0.2, -0.15) is 0 Å². The Morgan fingerprint density at radius 2 is 2.07 bits per heavy atom. The van der Waals surface area contributed by atoms with Crippen LogP contribution in [0.4, 0.5) is 5.82 Å². The molecular formula is C21H23ClN6O. The van der Waals surface area contributed by atoms with Gasteiger partial charge in [0.05, 0.1) is 6.04 Å². The van der Waals surface area contributed by atoms with E-state index in [0.29, 0.717) is 5.15 Å². The molecule has 2 saturated heterocycles. The van der Waals surface area contributed by atoms with Crippen molar-refractivity contribution in [1.29, 1.82) is 0 Å². The Balaban J connectivity index is 1.29. The van der Waals surface area contributed by atoms with Gasteiger partial charge in [0.25, 0.3) is 0 Å². The van der Waals surface area contributed by atoms with Gasteiger partial charge in [0.1, 0.15) is 16.6 Å². The van der Waals surface area contributed by atoms with Gasteiger partial charge >= 0.3 is 0 Å². The van der Waals surface area contributed by atoms with Crippen LogP contribution in [-0.4, -0.2) is 57.5 Å². The number of nitrogens with zero attached hydrogens (tertiary/aromatic N) is 3. The Kier molecular flexibility index (Phi) is 4.85. The molecule has 150 valence electrons. The highest BCUT2D eigenvalue weighted by molar-refractivity contribution is 6.29. The van der Waals surface area contributed by atoms with Gasteiger partial charge in [-0.1, -0.05) is 11.6 Å². The molecule has 2 aliphatic rings. The van der Waals surface area contributed by atoms with E-state index in [4.69, 9.17) is 11.6 Å². The predicted molar refractivity (Wildman–Crippen MR) is 114 cm³/mol. The lowest BCUT2D eigenvalue weighted by Crippen LogP contribution is -2.56. The molecule has 29 heavy (non-hydrogen) atoms. The van der Waals surface area contributed by atoms with Crippen molar-refractivity contribution in [2.24, 2.45) is 0 Å². The second-order valence-electron chi connectivity index (χ2n) is 7.70. The van der Waals surface area contributed by atoms with E-state index in [-0.39, 0.29) is 18.0 Å². The molecule has 0 spiro atoms. The Labute approximate surface area is 173 Å². The van der Waals surface area contributed by atoms with Crippen LogP contribution in [0.1, 0.15) is 19.3 Å². The van der Waals surface area contributed by atoms with Crippen molar-refractivity contribution in [2.45, 2.75) is 31.3 Å². The quantitative estimate of drug-likeness (QED) is 0.575. The number of rotatable bonds is 4. The average Bonchev–Trinajstić information content (AvgIpc) is 3.11. The highest BCUT2D eigenvalue weighted by Crippen LogP contribution is 2.31.